The molecule has 3 amide bonds. The van der Waals surface area contributed by atoms with E-state index >= 15 is 0 Å². The van der Waals surface area contributed by atoms with E-state index in [0.29, 0.717) is 35.5 Å². The average Bonchev–Trinajstić information content (AvgIpc) is 3.23. The summed E-state index contributed by atoms with van der Waals surface area (Å²) in [5.74, 6) is -2.34. The van der Waals surface area contributed by atoms with Gasteiger partial charge in [0.25, 0.3) is 11.7 Å². The number of nitrogens with one attached hydrogen (secondary N) is 1. The van der Waals surface area contributed by atoms with Crippen LogP contribution < -0.4 is 15.0 Å². The van der Waals surface area contributed by atoms with Crippen molar-refractivity contribution < 1.29 is 28.3 Å². The predicted octanol–water partition coefficient (Wildman–Crippen LogP) is 4.76. The maximum atomic E-state index is 14.1. The zero-order valence-electron chi connectivity index (χ0n) is 22.6. The molecule has 0 saturated heterocycles. The number of rotatable bonds is 9. The van der Waals surface area contributed by atoms with Crippen LogP contribution in [0.1, 0.15) is 35.2 Å². The summed E-state index contributed by atoms with van der Waals surface area (Å²) in [7, 11) is 1.55. The molecule has 41 heavy (non-hydrogen) atoms. The molecule has 3 aromatic rings. The standard InChI is InChI=1S/C32H30FN3O5/c1-41-25-17-15-24(16-18-25)34-31(39)29(22-7-3-2-4-8-22)36(19-21-11-13-23(33)14-12-21)28(37)20-35-27-10-6-5-9-26(27)30(38)32(35)40/h2-3,5-6,9-18,22,29H,4,7-8,19-20H2,1H3,(H,34,39)/t22-,29+/m0/s1. The van der Waals surface area contributed by atoms with Crippen LogP contribution in [0.5, 0.6) is 5.75 Å². The molecule has 0 fully saturated rings. The maximum Gasteiger partial charge on any atom is 0.299 e. The molecule has 1 aliphatic heterocycles. The minimum Gasteiger partial charge on any atom is -0.497 e. The number of ether oxygens (including phenoxy) is 1. The van der Waals surface area contributed by atoms with E-state index in [0.717, 1.165) is 11.3 Å². The first kappa shape index (κ1) is 27.8. The molecule has 1 aliphatic carbocycles. The van der Waals surface area contributed by atoms with Crippen molar-refractivity contribution in [2.24, 2.45) is 5.92 Å². The highest BCUT2D eigenvalue weighted by atomic mass is 19.1. The number of ketones is 1. The van der Waals surface area contributed by atoms with Crippen LogP contribution in [0, 0.1) is 11.7 Å². The Hall–Kier alpha value is -4.79. The lowest BCUT2D eigenvalue weighted by Crippen LogP contribution is -2.54. The summed E-state index contributed by atoms with van der Waals surface area (Å²) in [4.78, 5) is 56.1. The van der Waals surface area contributed by atoms with Crippen LogP contribution in [-0.2, 0) is 20.9 Å². The lowest BCUT2D eigenvalue weighted by molar-refractivity contribution is -0.140. The van der Waals surface area contributed by atoms with E-state index in [2.05, 4.69) is 5.32 Å². The number of anilines is 2. The number of benzene rings is 3. The topological polar surface area (TPSA) is 96.0 Å². The minimum atomic E-state index is -0.900. The van der Waals surface area contributed by atoms with Crippen LogP contribution in [0.15, 0.2) is 84.9 Å². The number of amides is 3. The molecule has 9 heteroatoms. The first-order valence-corrected chi connectivity index (χ1v) is 13.4. The summed E-state index contributed by atoms with van der Waals surface area (Å²) >= 11 is 0. The second kappa shape index (κ2) is 12.2. The van der Waals surface area contributed by atoms with Gasteiger partial charge in [0.2, 0.25) is 11.8 Å². The largest absolute Gasteiger partial charge is 0.497 e. The van der Waals surface area contributed by atoms with Crippen LogP contribution in [0.3, 0.4) is 0 Å². The van der Waals surface area contributed by atoms with E-state index in [1.165, 1.54) is 17.0 Å². The van der Waals surface area contributed by atoms with Crippen molar-refractivity contribution >= 4 is 34.9 Å². The number of hydrogen-bond donors (Lipinski definition) is 1. The van der Waals surface area contributed by atoms with Gasteiger partial charge in [-0.3, -0.25) is 24.1 Å². The number of nitrogens with zero attached hydrogens (tertiary/aromatic N) is 2. The van der Waals surface area contributed by atoms with Gasteiger partial charge < -0.3 is 15.0 Å². The summed E-state index contributed by atoms with van der Waals surface area (Å²) in [6.45, 7) is -0.407. The summed E-state index contributed by atoms with van der Waals surface area (Å²) in [5.41, 5.74) is 1.76. The molecule has 5 rings (SSSR count). The third-order valence-corrected chi connectivity index (χ3v) is 7.48. The normalized spacial score (nSPS) is 16.7. The minimum absolute atomic E-state index is 0.0116. The molecule has 0 saturated carbocycles. The van der Waals surface area contributed by atoms with Crippen molar-refractivity contribution in [3.05, 3.63) is 102 Å². The van der Waals surface area contributed by atoms with Gasteiger partial charge in [-0.15, -0.1) is 0 Å². The summed E-state index contributed by atoms with van der Waals surface area (Å²) in [6, 6.07) is 18.2. The molecule has 0 unspecified atom stereocenters. The van der Waals surface area contributed by atoms with Crippen LogP contribution in [-0.4, -0.2) is 48.1 Å². The second-order valence-electron chi connectivity index (χ2n) is 10.1. The number of fused-ring (bicyclic) bond motifs is 1. The molecule has 0 radical (unpaired) electrons. The molecule has 2 aliphatic rings. The molecular formula is C32H30FN3O5. The lowest BCUT2D eigenvalue weighted by Gasteiger charge is -2.37. The van der Waals surface area contributed by atoms with Gasteiger partial charge >= 0.3 is 0 Å². The van der Waals surface area contributed by atoms with E-state index in [4.69, 9.17) is 4.74 Å². The van der Waals surface area contributed by atoms with Crippen LogP contribution in [0.2, 0.25) is 0 Å². The van der Waals surface area contributed by atoms with Gasteiger partial charge in [0, 0.05) is 12.2 Å². The molecule has 1 heterocycles. The van der Waals surface area contributed by atoms with E-state index in [-0.39, 0.29) is 23.9 Å². The Balaban J connectivity index is 1.49. The van der Waals surface area contributed by atoms with E-state index in [1.54, 1.807) is 67.8 Å². The van der Waals surface area contributed by atoms with Crippen LogP contribution in [0.25, 0.3) is 0 Å². The number of carbonyl (C=O) groups is 4. The number of methoxy groups -OCH3 is 1. The van der Waals surface area contributed by atoms with Crippen molar-refractivity contribution in [1.29, 1.82) is 0 Å². The van der Waals surface area contributed by atoms with Gasteiger partial charge in [0.05, 0.1) is 18.4 Å². The Bertz CT molecular complexity index is 1490. The van der Waals surface area contributed by atoms with Gasteiger partial charge in [-0.05, 0) is 79.3 Å². The Morgan fingerprint density at radius 2 is 1.76 bits per heavy atom. The molecular weight excluding hydrogens is 525 g/mol. The molecule has 210 valence electrons. The zero-order valence-corrected chi connectivity index (χ0v) is 22.6. The number of hydrogen-bond acceptors (Lipinski definition) is 5. The van der Waals surface area contributed by atoms with E-state index in [9.17, 15) is 23.6 Å². The predicted molar refractivity (Wildman–Crippen MR) is 152 cm³/mol. The fourth-order valence-electron chi connectivity index (χ4n) is 5.36. The van der Waals surface area contributed by atoms with Gasteiger partial charge in [0.1, 0.15) is 24.2 Å². The molecule has 0 aromatic heterocycles. The second-order valence-corrected chi connectivity index (χ2v) is 10.1. The highest BCUT2D eigenvalue weighted by molar-refractivity contribution is 6.52. The Morgan fingerprint density at radius 1 is 1.02 bits per heavy atom. The molecule has 0 bridgehead atoms. The monoisotopic (exact) mass is 555 g/mol. The van der Waals surface area contributed by atoms with Gasteiger partial charge in [-0.2, -0.15) is 0 Å². The first-order valence-electron chi connectivity index (χ1n) is 13.4. The maximum absolute atomic E-state index is 14.1. The third-order valence-electron chi connectivity index (χ3n) is 7.48. The third kappa shape index (κ3) is 6.04. The Kier molecular flexibility index (Phi) is 8.24. The van der Waals surface area contributed by atoms with Crippen LogP contribution >= 0.6 is 0 Å². The molecule has 8 nitrogen and oxygen atoms in total. The highest BCUT2D eigenvalue weighted by Crippen LogP contribution is 2.31. The Morgan fingerprint density at radius 3 is 2.44 bits per heavy atom. The van der Waals surface area contributed by atoms with Crippen molar-refractivity contribution in [2.75, 3.05) is 23.9 Å². The summed E-state index contributed by atoms with van der Waals surface area (Å²) in [5, 5.41) is 2.94. The highest BCUT2D eigenvalue weighted by Gasteiger charge is 2.41. The number of halogens is 1. The van der Waals surface area contributed by atoms with Gasteiger partial charge in [-0.1, -0.05) is 36.4 Å². The molecule has 3 aromatic carbocycles. The molecule has 1 N–H and O–H groups in total. The molecule has 0 spiro atoms. The summed E-state index contributed by atoms with van der Waals surface area (Å²) < 4.78 is 18.9. The number of Topliss-reactive ketones (excluding diaryl/α,β-unsaturated/α-hetero) is 1. The van der Waals surface area contributed by atoms with Gasteiger partial charge in [0.15, 0.2) is 0 Å². The Labute approximate surface area is 237 Å². The number of carbonyl (C=O) groups excluding carboxylic acids is 4. The first-order chi connectivity index (χ1) is 19.9. The van der Waals surface area contributed by atoms with Crippen LogP contribution in [0.4, 0.5) is 15.8 Å². The summed E-state index contributed by atoms with van der Waals surface area (Å²) in [6.07, 6.45) is 6.06. The van der Waals surface area contributed by atoms with E-state index in [1.807, 2.05) is 12.2 Å². The van der Waals surface area contributed by atoms with Crippen molar-refractivity contribution in [3.8, 4) is 5.75 Å². The van der Waals surface area contributed by atoms with Gasteiger partial charge in [-0.25, -0.2) is 4.39 Å². The number of allylic oxidation sites excluding steroid dienone is 2. The molecule has 2 atom stereocenters. The lowest BCUT2D eigenvalue weighted by atomic mass is 9.85. The average molecular weight is 556 g/mol. The van der Waals surface area contributed by atoms with Crippen molar-refractivity contribution in [1.82, 2.24) is 4.90 Å². The smallest absolute Gasteiger partial charge is 0.299 e. The van der Waals surface area contributed by atoms with Crippen molar-refractivity contribution in [3.63, 3.8) is 0 Å². The zero-order chi connectivity index (χ0) is 28.9. The van der Waals surface area contributed by atoms with E-state index < -0.39 is 36.0 Å². The SMILES string of the molecule is COc1ccc(NC(=O)[C@@H]([C@H]2CC=CCC2)N(Cc2ccc(F)cc2)C(=O)CN2C(=O)C(=O)c3ccccc32)cc1. The quantitative estimate of drug-likeness (QED) is 0.304. The fraction of sp³-hybridized carbons (Fsp3) is 0.250. The van der Waals surface area contributed by atoms with Crippen molar-refractivity contribution in [2.45, 2.75) is 31.8 Å². The number of para-hydroxylation sites is 1. The fourth-order valence-corrected chi connectivity index (χ4v) is 5.36.